The molecular weight excluding hydrogens is 258 g/mol. The van der Waals surface area contributed by atoms with Crippen molar-refractivity contribution in [1.82, 2.24) is 0 Å². The van der Waals surface area contributed by atoms with Crippen LogP contribution in [0, 0.1) is 17.0 Å². The van der Waals surface area contributed by atoms with Crippen LogP contribution >= 0.6 is 0 Å². The first kappa shape index (κ1) is 13.5. The Labute approximate surface area is 115 Å². The second kappa shape index (κ2) is 5.40. The molecule has 6 heteroatoms. The number of carbonyl (C=O) groups excluding carboxylic acids is 1. The van der Waals surface area contributed by atoms with Crippen LogP contribution in [0.4, 0.5) is 21.9 Å². The maximum atomic E-state index is 11.8. The summed E-state index contributed by atoms with van der Waals surface area (Å²) in [5.74, 6) is 0. The third-order valence-electron chi connectivity index (χ3n) is 2.90. The molecule has 2 amide bonds. The van der Waals surface area contributed by atoms with Gasteiger partial charge < -0.3 is 5.73 Å². The summed E-state index contributed by atoms with van der Waals surface area (Å²) in [6, 6.07) is 12.3. The molecular formula is C14H13N3O3. The van der Waals surface area contributed by atoms with Crippen LogP contribution in [0.3, 0.4) is 0 Å². The molecule has 0 unspecified atom stereocenters. The number of benzene rings is 2. The van der Waals surface area contributed by atoms with Gasteiger partial charge in [-0.2, -0.15) is 0 Å². The lowest BCUT2D eigenvalue weighted by Crippen LogP contribution is -2.32. The highest BCUT2D eigenvalue weighted by atomic mass is 16.6. The Morgan fingerprint density at radius 1 is 1.10 bits per heavy atom. The van der Waals surface area contributed by atoms with E-state index in [0.29, 0.717) is 5.69 Å². The fraction of sp³-hybridized carbons (Fsp3) is 0.0714. The largest absolute Gasteiger partial charge is 0.351 e. The van der Waals surface area contributed by atoms with Crippen molar-refractivity contribution in [3.8, 4) is 0 Å². The maximum absolute atomic E-state index is 11.8. The van der Waals surface area contributed by atoms with Crippen molar-refractivity contribution in [3.63, 3.8) is 0 Å². The third kappa shape index (κ3) is 2.44. The molecule has 0 heterocycles. The van der Waals surface area contributed by atoms with Gasteiger partial charge in [0.2, 0.25) is 0 Å². The summed E-state index contributed by atoms with van der Waals surface area (Å²) in [6.45, 7) is 1.81. The van der Waals surface area contributed by atoms with Crippen LogP contribution in [-0.2, 0) is 0 Å². The molecule has 20 heavy (non-hydrogen) atoms. The van der Waals surface area contributed by atoms with Crippen LogP contribution in [0.5, 0.6) is 0 Å². The lowest BCUT2D eigenvalue weighted by atomic mass is 10.1. The van der Waals surface area contributed by atoms with E-state index in [-0.39, 0.29) is 11.4 Å². The summed E-state index contributed by atoms with van der Waals surface area (Å²) in [4.78, 5) is 23.5. The van der Waals surface area contributed by atoms with E-state index in [9.17, 15) is 14.9 Å². The van der Waals surface area contributed by atoms with Gasteiger partial charge in [-0.1, -0.05) is 30.3 Å². The Morgan fingerprint density at radius 2 is 1.65 bits per heavy atom. The normalized spacial score (nSPS) is 10.1. The quantitative estimate of drug-likeness (QED) is 0.687. The van der Waals surface area contributed by atoms with Crippen LogP contribution in [-0.4, -0.2) is 11.0 Å². The topological polar surface area (TPSA) is 89.5 Å². The SMILES string of the molecule is Cc1ccccc1N(C(N)=O)c1ccccc1[N+](=O)[O-]. The van der Waals surface area contributed by atoms with E-state index >= 15 is 0 Å². The van der Waals surface area contributed by atoms with Gasteiger partial charge in [0, 0.05) is 6.07 Å². The molecule has 6 nitrogen and oxygen atoms in total. The zero-order valence-electron chi connectivity index (χ0n) is 10.8. The minimum Gasteiger partial charge on any atom is -0.351 e. The van der Waals surface area contributed by atoms with Crippen molar-refractivity contribution in [3.05, 3.63) is 64.2 Å². The molecule has 0 radical (unpaired) electrons. The number of para-hydroxylation sites is 3. The zero-order valence-corrected chi connectivity index (χ0v) is 10.8. The number of aryl methyl sites for hydroxylation is 1. The molecule has 2 N–H and O–H groups in total. The summed E-state index contributed by atoms with van der Waals surface area (Å²) in [5.41, 5.74) is 6.70. The zero-order chi connectivity index (χ0) is 14.7. The van der Waals surface area contributed by atoms with Crippen molar-refractivity contribution in [2.24, 2.45) is 5.73 Å². The molecule has 0 aliphatic heterocycles. The standard InChI is InChI=1S/C14H13N3O3/c1-10-6-2-3-7-11(10)16(14(15)18)12-8-4-5-9-13(12)17(19)20/h2-9H,1H3,(H2,15,18). The van der Waals surface area contributed by atoms with Crippen LogP contribution in [0.1, 0.15) is 5.56 Å². The number of nitrogens with two attached hydrogens (primary N) is 1. The van der Waals surface area contributed by atoms with E-state index in [1.807, 2.05) is 6.07 Å². The molecule has 0 fully saturated rings. The van der Waals surface area contributed by atoms with Crippen molar-refractivity contribution in [1.29, 1.82) is 0 Å². The summed E-state index contributed by atoms with van der Waals surface area (Å²) in [7, 11) is 0. The first-order chi connectivity index (χ1) is 9.52. The smallest absolute Gasteiger partial charge is 0.324 e. The molecule has 0 aliphatic rings. The number of nitro groups is 1. The van der Waals surface area contributed by atoms with Gasteiger partial charge in [-0.15, -0.1) is 0 Å². The number of hydrogen-bond acceptors (Lipinski definition) is 3. The van der Waals surface area contributed by atoms with Gasteiger partial charge in [0.05, 0.1) is 10.6 Å². The van der Waals surface area contributed by atoms with Crippen molar-refractivity contribution >= 4 is 23.1 Å². The molecule has 0 aliphatic carbocycles. The molecule has 2 aromatic carbocycles. The summed E-state index contributed by atoms with van der Waals surface area (Å²) in [5, 5.41) is 11.1. The fourth-order valence-electron chi connectivity index (χ4n) is 1.99. The number of nitro benzene ring substituents is 1. The van der Waals surface area contributed by atoms with Gasteiger partial charge in [-0.05, 0) is 24.6 Å². The van der Waals surface area contributed by atoms with E-state index in [4.69, 9.17) is 5.73 Å². The van der Waals surface area contributed by atoms with Gasteiger partial charge in [0.1, 0.15) is 5.69 Å². The third-order valence-corrected chi connectivity index (χ3v) is 2.90. The van der Waals surface area contributed by atoms with Crippen molar-refractivity contribution < 1.29 is 9.72 Å². The van der Waals surface area contributed by atoms with Crippen LogP contribution < -0.4 is 10.6 Å². The molecule has 0 atom stereocenters. The fourth-order valence-corrected chi connectivity index (χ4v) is 1.99. The van der Waals surface area contributed by atoms with Crippen LogP contribution in [0.2, 0.25) is 0 Å². The molecule has 102 valence electrons. The summed E-state index contributed by atoms with van der Waals surface area (Å²) in [6.07, 6.45) is 0. The molecule has 0 bridgehead atoms. The lowest BCUT2D eigenvalue weighted by molar-refractivity contribution is -0.384. The first-order valence-electron chi connectivity index (χ1n) is 5.91. The van der Waals surface area contributed by atoms with Gasteiger partial charge >= 0.3 is 6.03 Å². The highest BCUT2D eigenvalue weighted by molar-refractivity contribution is 6.01. The van der Waals surface area contributed by atoms with E-state index in [2.05, 4.69) is 0 Å². The van der Waals surface area contributed by atoms with Gasteiger partial charge in [-0.3, -0.25) is 15.0 Å². The Morgan fingerprint density at radius 3 is 2.20 bits per heavy atom. The van der Waals surface area contributed by atoms with Crippen molar-refractivity contribution in [2.75, 3.05) is 4.90 Å². The van der Waals surface area contributed by atoms with Gasteiger partial charge in [0.15, 0.2) is 0 Å². The van der Waals surface area contributed by atoms with E-state index < -0.39 is 11.0 Å². The number of nitrogens with zero attached hydrogens (tertiary/aromatic N) is 2. The Bertz CT molecular complexity index is 670. The maximum Gasteiger partial charge on any atom is 0.324 e. The second-order valence-corrected chi connectivity index (χ2v) is 4.21. The van der Waals surface area contributed by atoms with E-state index in [1.165, 1.54) is 12.1 Å². The average molecular weight is 271 g/mol. The Hall–Kier alpha value is -2.89. The highest BCUT2D eigenvalue weighted by Gasteiger charge is 2.24. The number of urea groups is 1. The predicted octanol–water partition coefficient (Wildman–Crippen LogP) is 3.12. The number of primary amides is 1. The number of anilines is 2. The van der Waals surface area contributed by atoms with Gasteiger partial charge in [-0.25, -0.2) is 4.79 Å². The lowest BCUT2D eigenvalue weighted by Gasteiger charge is -2.22. The number of carbonyl (C=O) groups is 1. The number of hydrogen-bond donors (Lipinski definition) is 1. The van der Waals surface area contributed by atoms with Crippen LogP contribution in [0.25, 0.3) is 0 Å². The Balaban J connectivity index is 2.65. The molecule has 0 spiro atoms. The molecule has 0 saturated carbocycles. The predicted molar refractivity (Wildman–Crippen MR) is 76.0 cm³/mol. The Kier molecular flexibility index (Phi) is 3.65. The van der Waals surface area contributed by atoms with Gasteiger partial charge in [0.25, 0.3) is 5.69 Å². The molecule has 2 aromatic rings. The average Bonchev–Trinajstić information content (AvgIpc) is 2.41. The highest BCUT2D eigenvalue weighted by Crippen LogP contribution is 2.34. The van der Waals surface area contributed by atoms with E-state index in [0.717, 1.165) is 10.5 Å². The first-order valence-corrected chi connectivity index (χ1v) is 5.91. The molecule has 2 rings (SSSR count). The van der Waals surface area contributed by atoms with Crippen LogP contribution in [0.15, 0.2) is 48.5 Å². The minimum absolute atomic E-state index is 0.152. The van der Waals surface area contributed by atoms with E-state index in [1.54, 1.807) is 37.3 Å². The number of rotatable bonds is 3. The minimum atomic E-state index is -0.770. The summed E-state index contributed by atoms with van der Waals surface area (Å²) < 4.78 is 0. The molecule has 0 aromatic heterocycles. The number of amides is 2. The molecule has 0 saturated heterocycles. The summed E-state index contributed by atoms with van der Waals surface area (Å²) >= 11 is 0. The second-order valence-electron chi connectivity index (χ2n) is 4.21. The van der Waals surface area contributed by atoms with Crippen molar-refractivity contribution in [2.45, 2.75) is 6.92 Å². The monoisotopic (exact) mass is 271 g/mol.